The third-order valence-corrected chi connectivity index (χ3v) is 11.8. The van der Waals surface area contributed by atoms with Gasteiger partial charge in [0.05, 0.1) is 15.9 Å². The van der Waals surface area contributed by atoms with Crippen molar-refractivity contribution in [1.29, 1.82) is 0 Å². The molecule has 1 aliphatic rings. The van der Waals surface area contributed by atoms with Crippen LogP contribution >= 0.6 is 11.3 Å². The molecule has 1 atom stereocenters. The van der Waals surface area contributed by atoms with E-state index in [1.807, 2.05) is 6.07 Å². The number of fused-ring (bicyclic) bond motifs is 9. The molecule has 0 radical (unpaired) electrons. The van der Waals surface area contributed by atoms with Gasteiger partial charge < -0.3 is 4.42 Å². The summed E-state index contributed by atoms with van der Waals surface area (Å²) < 4.78 is 9.06. The normalized spacial score (nSPS) is 14.2. The van der Waals surface area contributed by atoms with E-state index in [0.29, 0.717) is 11.7 Å². The number of hydrogen-bond donors (Lipinski definition) is 0. The van der Waals surface area contributed by atoms with Crippen LogP contribution in [0.2, 0.25) is 0 Å². The minimum Gasteiger partial charge on any atom is -0.455 e. The summed E-state index contributed by atoms with van der Waals surface area (Å²) >= 11 is 1.76. The van der Waals surface area contributed by atoms with E-state index in [4.69, 9.17) is 14.4 Å². The Kier molecular flexibility index (Phi) is 6.55. The lowest BCUT2D eigenvalue weighted by atomic mass is 9.82. The highest BCUT2D eigenvalue weighted by molar-refractivity contribution is 7.26. The lowest BCUT2D eigenvalue weighted by molar-refractivity contribution is 0.673. The zero-order valence-electron chi connectivity index (χ0n) is 28.1. The predicted octanol–water partition coefficient (Wildman–Crippen LogP) is 13.4. The summed E-state index contributed by atoms with van der Waals surface area (Å²) in [6.07, 6.45) is 5.56. The van der Waals surface area contributed by atoms with Gasteiger partial charge in [0.2, 0.25) is 0 Å². The van der Waals surface area contributed by atoms with E-state index < -0.39 is 0 Å². The van der Waals surface area contributed by atoms with E-state index in [-0.39, 0.29) is 0 Å². The van der Waals surface area contributed by atoms with E-state index in [2.05, 4.69) is 158 Å². The zero-order chi connectivity index (χ0) is 34.2. The van der Waals surface area contributed by atoms with Crippen molar-refractivity contribution in [3.63, 3.8) is 0 Å². The van der Waals surface area contributed by atoms with Gasteiger partial charge in [-0.15, -0.1) is 11.3 Å². The van der Waals surface area contributed by atoms with Gasteiger partial charge in [-0.1, -0.05) is 146 Å². The molecule has 52 heavy (non-hydrogen) atoms. The summed E-state index contributed by atoms with van der Waals surface area (Å²) in [7, 11) is 0. The maximum absolute atomic E-state index is 6.75. The number of furan rings is 1. The highest BCUT2D eigenvalue weighted by Gasteiger charge is 2.23. The molecule has 4 heteroatoms. The Balaban J connectivity index is 1.13. The predicted molar refractivity (Wildman–Crippen MR) is 218 cm³/mol. The second kappa shape index (κ2) is 11.6. The highest BCUT2D eigenvalue weighted by atomic mass is 32.1. The number of allylic oxidation sites excluding steroid dienone is 1. The van der Waals surface area contributed by atoms with Crippen LogP contribution in [0.5, 0.6) is 0 Å². The molecule has 0 amide bonds. The molecule has 7 aromatic carbocycles. The third kappa shape index (κ3) is 4.51. The van der Waals surface area contributed by atoms with Crippen LogP contribution in [-0.4, -0.2) is 9.97 Å². The average molecular weight is 683 g/mol. The second-order valence-electron chi connectivity index (χ2n) is 13.6. The van der Waals surface area contributed by atoms with Gasteiger partial charge in [-0.25, -0.2) is 9.97 Å². The molecule has 0 bridgehead atoms. The summed E-state index contributed by atoms with van der Waals surface area (Å²) in [6, 6.07) is 54.1. The summed E-state index contributed by atoms with van der Waals surface area (Å²) in [5.41, 5.74) is 12.1. The van der Waals surface area contributed by atoms with Crippen molar-refractivity contribution in [2.24, 2.45) is 0 Å². The number of benzene rings is 7. The van der Waals surface area contributed by atoms with E-state index in [9.17, 15) is 0 Å². The molecule has 10 aromatic rings. The minimum absolute atomic E-state index is 0.355. The van der Waals surface area contributed by atoms with E-state index in [1.54, 1.807) is 11.3 Å². The van der Waals surface area contributed by atoms with Crippen LogP contribution in [0.3, 0.4) is 0 Å². The van der Waals surface area contributed by atoms with Crippen LogP contribution < -0.4 is 0 Å². The number of hydrogen-bond acceptors (Lipinski definition) is 4. The second-order valence-corrected chi connectivity index (χ2v) is 14.7. The Hall–Kier alpha value is -6.36. The summed E-state index contributed by atoms with van der Waals surface area (Å²) in [5.74, 6) is 1.05. The van der Waals surface area contributed by atoms with Gasteiger partial charge in [0.1, 0.15) is 11.2 Å². The molecule has 1 aliphatic carbocycles. The van der Waals surface area contributed by atoms with Crippen molar-refractivity contribution in [2.45, 2.75) is 12.3 Å². The Labute approximate surface area is 304 Å². The highest BCUT2D eigenvalue weighted by Crippen LogP contribution is 2.45. The van der Waals surface area contributed by atoms with Gasteiger partial charge in [0.15, 0.2) is 5.82 Å². The fourth-order valence-electron chi connectivity index (χ4n) is 8.23. The summed E-state index contributed by atoms with van der Waals surface area (Å²) in [4.78, 5) is 10.7. The van der Waals surface area contributed by atoms with Crippen molar-refractivity contribution in [3.05, 3.63) is 174 Å². The molecule has 0 fully saturated rings. The quantitative estimate of drug-likeness (QED) is 0.185. The van der Waals surface area contributed by atoms with Crippen molar-refractivity contribution in [3.8, 4) is 33.8 Å². The van der Waals surface area contributed by atoms with Crippen molar-refractivity contribution in [2.75, 3.05) is 0 Å². The van der Waals surface area contributed by atoms with E-state index in [1.165, 1.54) is 37.9 Å². The average Bonchev–Trinajstić information content (AvgIpc) is 3.79. The van der Waals surface area contributed by atoms with E-state index in [0.717, 1.165) is 66.2 Å². The number of nitrogens with zero attached hydrogens (tertiary/aromatic N) is 2. The third-order valence-electron chi connectivity index (χ3n) is 10.7. The molecule has 0 N–H and O–H groups in total. The van der Waals surface area contributed by atoms with Crippen LogP contribution in [0.15, 0.2) is 162 Å². The van der Waals surface area contributed by atoms with Crippen LogP contribution in [0.4, 0.5) is 0 Å². The molecule has 3 heterocycles. The Morgan fingerprint density at radius 3 is 2.25 bits per heavy atom. The monoisotopic (exact) mass is 682 g/mol. The zero-order valence-corrected chi connectivity index (χ0v) is 28.9. The largest absolute Gasteiger partial charge is 0.455 e. The van der Waals surface area contributed by atoms with Gasteiger partial charge >= 0.3 is 0 Å². The molecule has 11 rings (SSSR count). The van der Waals surface area contributed by atoms with Gasteiger partial charge in [-0.3, -0.25) is 0 Å². The standard InChI is InChI=1S/C48H30N2OS/c1-2-13-32(14-3-1)44-47-45(37-19-8-9-23-42(37)52-47)50-48(49-44)38-21-11-22-41-43(38)40-28-39(35-17-6-7-18-36(35)46(40)51-41)31-26-24-30(25-27-31)34-20-10-15-29-12-4-5-16-33(29)34/h1-19,21-28,34H,20H2. The van der Waals surface area contributed by atoms with Crippen LogP contribution in [0.25, 0.3) is 92.9 Å². The summed E-state index contributed by atoms with van der Waals surface area (Å²) in [5, 5.41) is 5.51. The first-order chi connectivity index (χ1) is 25.8. The Morgan fingerprint density at radius 2 is 1.37 bits per heavy atom. The van der Waals surface area contributed by atoms with Crippen molar-refractivity contribution < 1.29 is 4.42 Å². The van der Waals surface area contributed by atoms with Gasteiger partial charge in [0.25, 0.3) is 0 Å². The first-order valence-corrected chi connectivity index (χ1v) is 18.6. The maximum atomic E-state index is 6.75. The number of rotatable bonds is 4. The first-order valence-electron chi connectivity index (χ1n) is 17.8. The molecule has 0 aliphatic heterocycles. The van der Waals surface area contributed by atoms with E-state index >= 15 is 0 Å². The lowest BCUT2D eigenvalue weighted by Gasteiger charge is -2.22. The first kappa shape index (κ1) is 29.4. The molecular weight excluding hydrogens is 653 g/mol. The molecule has 0 spiro atoms. The molecule has 0 saturated heterocycles. The van der Waals surface area contributed by atoms with Gasteiger partial charge in [-0.2, -0.15) is 0 Å². The molecule has 1 unspecified atom stereocenters. The molecular formula is C48H30N2OS. The smallest absolute Gasteiger partial charge is 0.161 e. The fourth-order valence-corrected chi connectivity index (χ4v) is 9.38. The Morgan fingerprint density at radius 1 is 0.596 bits per heavy atom. The Bertz CT molecular complexity index is 3040. The maximum Gasteiger partial charge on any atom is 0.161 e. The summed E-state index contributed by atoms with van der Waals surface area (Å²) in [6.45, 7) is 0. The van der Waals surface area contributed by atoms with Gasteiger partial charge in [-0.05, 0) is 57.8 Å². The minimum atomic E-state index is 0.355. The van der Waals surface area contributed by atoms with Crippen molar-refractivity contribution >= 4 is 70.4 Å². The van der Waals surface area contributed by atoms with Crippen LogP contribution in [0.1, 0.15) is 29.0 Å². The van der Waals surface area contributed by atoms with Crippen LogP contribution in [-0.2, 0) is 0 Å². The number of aromatic nitrogens is 2. The molecule has 244 valence electrons. The van der Waals surface area contributed by atoms with Crippen molar-refractivity contribution in [1.82, 2.24) is 9.97 Å². The molecule has 3 aromatic heterocycles. The van der Waals surface area contributed by atoms with Crippen LogP contribution in [0, 0.1) is 0 Å². The topological polar surface area (TPSA) is 38.9 Å². The fraction of sp³-hybridized carbons (Fsp3) is 0.0417. The molecule has 0 saturated carbocycles. The number of thiophene rings is 1. The van der Waals surface area contributed by atoms with Gasteiger partial charge in [0, 0.05) is 43.3 Å². The lowest BCUT2D eigenvalue weighted by Crippen LogP contribution is -2.05. The SMILES string of the molecule is C1=Cc2ccccc2C(c2ccc(-c3cc4c(oc5cccc(-c6nc(-c7ccccc7)c7sc8ccccc8c7n6)c54)c4ccccc34)cc2)C1. The molecule has 3 nitrogen and oxygen atoms in total.